The van der Waals surface area contributed by atoms with Crippen LogP contribution in [0, 0.1) is 17.2 Å². The first-order valence-electron chi connectivity index (χ1n) is 7.98. The minimum absolute atomic E-state index is 0.0846. The predicted octanol–water partition coefficient (Wildman–Crippen LogP) is 2.96. The second-order valence-corrected chi connectivity index (χ2v) is 6.87. The average Bonchev–Trinajstić information content (AvgIpc) is 2.57. The molecular weight excluding hydrogens is 310 g/mol. The van der Waals surface area contributed by atoms with Gasteiger partial charge in [0.25, 0.3) is 0 Å². The first-order chi connectivity index (χ1) is 11.2. The number of ketones is 1. The molecule has 0 spiro atoms. The fourth-order valence-electron chi connectivity index (χ4n) is 2.69. The Morgan fingerprint density at radius 1 is 1.39 bits per heavy atom. The van der Waals surface area contributed by atoms with Gasteiger partial charge in [-0.15, -0.1) is 11.8 Å². The number of hydrogen-bond donors (Lipinski definition) is 1. The van der Waals surface area contributed by atoms with Crippen molar-refractivity contribution < 1.29 is 9.59 Å². The van der Waals surface area contributed by atoms with Crippen molar-refractivity contribution in [1.82, 2.24) is 10.3 Å². The zero-order valence-corrected chi connectivity index (χ0v) is 14.1. The standard InChI is InChI=1S/C17H21N3O2S/c1-2-23-15-9-8-12(11-19-15)16(21)14(10-18)17(22)20-13-6-4-3-5-7-13/h8-9,11,13-14H,2-7H2,1H3,(H,20,22)/t14-/m1/s1. The molecule has 0 saturated heterocycles. The lowest BCUT2D eigenvalue weighted by molar-refractivity contribution is -0.123. The van der Waals surface area contributed by atoms with E-state index in [1.165, 1.54) is 12.6 Å². The van der Waals surface area contributed by atoms with Gasteiger partial charge in [0.1, 0.15) is 0 Å². The molecule has 1 aromatic heterocycles. The molecule has 1 amide bonds. The lowest BCUT2D eigenvalue weighted by Gasteiger charge is -2.23. The van der Waals surface area contributed by atoms with Gasteiger partial charge in [0.2, 0.25) is 5.91 Å². The summed E-state index contributed by atoms with van der Waals surface area (Å²) < 4.78 is 0. The molecule has 1 atom stereocenters. The van der Waals surface area contributed by atoms with Crippen LogP contribution in [0.5, 0.6) is 0 Å². The van der Waals surface area contributed by atoms with Crippen LogP contribution in [0.4, 0.5) is 0 Å². The third-order valence-electron chi connectivity index (χ3n) is 3.92. The van der Waals surface area contributed by atoms with Crippen molar-refractivity contribution in [2.45, 2.75) is 50.1 Å². The summed E-state index contributed by atoms with van der Waals surface area (Å²) in [7, 11) is 0. The molecule has 0 bridgehead atoms. The summed E-state index contributed by atoms with van der Waals surface area (Å²) in [6, 6.07) is 5.29. The summed E-state index contributed by atoms with van der Waals surface area (Å²) in [5.74, 6) is -1.38. The first-order valence-corrected chi connectivity index (χ1v) is 8.97. The number of hydrogen-bond acceptors (Lipinski definition) is 5. The summed E-state index contributed by atoms with van der Waals surface area (Å²) in [5, 5.41) is 12.9. The molecular formula is C17H21N3O2S. The van der Waals surface area contributed by atoms with Crippen molar-refractivity contribution in [1.29, 1.82) is 5.26 Å². The second-order valence-electron chi connectivity index (χ2n) is 5.59. The number of nitriles is 1. The summed E-state index contributed by atoms with van der Waals surface area (Å²) in [6.07, 6.45) is 6.62. The summed E-state index contributed by atoms with van der Waals surface area (Å²) in [6.45, 7) is 2.02. The summed E-state index contributed by atoms with van der Waals surface area (Å²) >= 11 is 1.57. The molecule has 1 N–H and O–H groups in total. The number of aromatic nitrogens is 1. The Morgan fingerprint density at radius 3 is 2.70 bits per heavy atom. The SMILES string of the molecule is CCSc1ccc(C(=O)[C@@H](C#N)C(=O)NC2CCCCC2)cn1. The van der Waals surface area contributed by atoms with Crippen molar-refractivity contribution >= 4 is 23.5 Å². The van der Waals surface area contributed by atoms with Crippen molar-refractivity contribution in [3.63, 3.8) is 0 Å². The van der Waals surface area contributed by atoms with Crippen LogP contribution in [0.25, 0.3) is 0 Å². The van der Waals surface area contributed by atoms with E-state index in [0.717, 1.165) is 36.5 Å². The van der Waals surface area contributed by atoms with Crippen LogP contribution in [0.15, 0.2) is 23.4 Å². The van der Waals surface area contributed by atoms with Crippen LogP contribution in [-0.4, -0.2) is 28.5 Å². The van der Waals surface area contributed by atoms with E-state index in [0.29, 0.717) is 5.56 Å². The smallest absolute Gasteiger partial charge is 0.245 e. The van der Waals surface area contributed by atoms with E-state index in [1.807, 2.05) is 13.0 Å². The normalized spacial score (nSPS) is 16.3. The Labute approximate surface area is 140 Å². The number of carbonyl (C=O) groups excluding carboxylic acids is 2. The van der Waals surface area contributed by atoms with Gasteiger partial charge in [0.05, 0.1) is 11.1 Å². The molecule has 2 rings (SSSR count). The van der Waals surface area contributed by atoms with E-state index < -0.39 is 17.6 Å². The van der Waals surface area contributed by atoms with Crippen molar-refractivity contribution in [2.75, 3.05) is 5.75 Å². The van der Waals surface area contributed by atoms with Gasteiger partial charge in [0, 0.05) is 17.8 Å². The van der Waals surface area contributed by atoms with Crippen LogP contribution in [0.3, 0.4) is 0 Å². The van der Waals surface area contributed by atoms with Crippen molar-refractivity contribution in [2.24, 2.45) is 5.92 Å². The maximum atomic E-state index is 12.4. The zero-order valence-electron chi connectivity index (χ0n) is 13.2. The highest BCUT2D eigenvalue weighted by atomic mass is 32.2. The highest BCUT2D eigenvalue weighted by Crippen LogP contribution is 2.19. The van der Waals surface area contributed by atoms with Crippen LogP contribution in [0.1, 0.15) is 49.4 Å². The maximum Gasteiger partial charge on any atom is 0.245 e. The highest BCUT2D eigenvalue weighted by molar-refractivity contribution is 7.99. The van der Waals surface area contributed by atoms with Gasteiger partial charge in [0.15, 0.2) is 11.7 Å². The van der Waals surface area contributed by atoms with E-state index in [2.05, 4.69) is 10.3 Å². The number of nitrogens with zero attached hydrogens (tertiary/aromatic N) is 2. The van der Waals surface area contributed by atoms with E-state index in [4.69, 9.17) is 0 Å². The average molecular weight is 331 g/mol. The second kappa shape index (κ2) is 8.68. The Hall–Kier alpha value is -1.87. The molecule has 1 aliphatic carbocycles. The number of pyridine rings is 1. The van der Waals surface area contributed by atoms with E-state index in [1.54, 1.807) is 23.9 Å². The number of thioether (sulfide) groups is 1. The molecule has 122 valence electrons. The van der Waals surface area contributed by atoms with E-state index >= 15 is 0 Å². The highest BCUT2D eigenvalue weighted by Gasteiger charge is 2.29. The van der Waals surface area contributed by atoms with Crippen molar-refractivity contribution in [3.05, 3.63) is 23.9 Å². The molecule has 1 saturated carbocycles. The fraction of sp³-hybridized carbons (Fsp3) is 0.529. The lowest BCUT2D eigenvalue weighted by atomic mass is 9.94. The number of carbonyl (C=O) groups is 2. The van der Waals surface area contributed by atoms with Crippen LogP contribution < -0.4 is 5.32 Å². The zero-order chi connectivity index (χ0) is 16.7. The molecule has 0 unspecified atom stereocenters. The topological polar surface area (TPSA) is 82.8 Å². The quantitative estimate of drug-likeness (QED) is 0.492. The third kappa shape index (κ3) is 4.80. The van der Waals surface area contributed by atoms with E-state index in [9.17, 15) is 14.9 Å². The number of Topliss-reactive ketones (excluding diaryl/α,β-unsaturated/α-hetero) is 1. The van der Waals surface area contributed by atoms with Gasteiger partial charge in [-0.25, -0.2) is 4.98 Å². The molecule has 5 nitrogen and oxygen atoms in total. The minimum Gasteiger partial charge on any atom is -0.352 e. The Kier molecular flexibility index (Phi) is 6.60. The monoisotopic (exact) mass is 331 g/mol. The number of amides is 1. The van der Waals surface area contributed by atoms with Gasteiger partial charge < -0.3 is 5.32 Å². The lowest BCUT2D eigenvalue weighted by Crippen LogP contribution is -2.42. The number of nitrogens with one attached hydrogen (secondary N) is 1. The molecule has 6 heteroatoms. The predicted molar refractivity (Wildman–Crippen MR) is 89.1 cm³/mol. The molecule has 23 heavy (non-hydrogen) atoms. The molecule has 1 fully saturated rings. The Balaban J connectivity index is 2.02. The van der Waals surface area contributed by atoms with Crippen molar-refractivity contribution in [3.8, 4) is 6.07 Å². The van der Waals surface area contributed by atoms with Crippen LogP contribution in [0.2, 0.25) is 0 Å². The third-order valence-corrected chi connectivity index (χ3v) is 4.74. The first kappa shape index (κ1) is 17.5. The number of rotatable bonds is 6. The van der Waals surface area contributed by atoms with Crippen LogP contribution in [-0.2, 0) is 4.79 Å². The summed E-state index contributed by atoms with van der Waals surface area (Å²) in [5.41, 5.74) is 0.302. The maximum absolute atomic E-state index is 12.4. The van der Waals surface area contributed by atoms with Gasteiger partial charge in [-0.3, -0.25) is 9.59 Å². The molecule has 1 heterocycles. The molecule has 1 aromatic rings. The molecule has 0 aliphatic heterocycles. The van der Waals surface area contributed by atoms with Crippen LogP contribution >= 0.6 is 11.8 Å². The molecule has 0 radical (unpaired) electrons. The minimum atomic E-state index is -1.30. The largest absolute Gasteiger partial charge is 0.352 e. The van der Waals surface area contributed by atoms with Gasteiger partial charge in [-0.05, 0) is 30.7 Å². The fourth-order valence-corrected chi connectivity index (χ4v) is 3.28. The van der Waals surface area contributed by atoms with E-state index in [-0.39, 0.29) is 6.04 Å². The van der Waals surface area contributed by atoms with Gasteiger partial charge in [-0.1, -0.05) is 26.2 Å². The Bertz CT molecular complexity index is 589. The van der Waals surface area contributed by atoms with Gasteiger partial charge >= 0.3 is 0 Å². The Morgan fingerprint density at radius 2 is 2.13 bits per heavy atom. The molecule has 1 aliphatic rings. The molecule has 0 aromatic carbocycles. The van der Waals surface area contributed by atoms with Gasteiger partial charge in [-0.2, -0.15) is 5.26 Å². The summed E-state index contributed by atoms with van der Waals surface area (Å²) in [4.78, 5) is 28.8.